The quantitative estimate of drug-likeness (QED) is 0.651. The summed E-state index contributed by atoms with van der Waals surface area (Å²) in [6.45, 7) is 0.862. The molecule has 0 saturated carbocycles. The maximum absolute atomic E-state index is 12.0. The molecule has 0 unspecified atom stereocenters. The number of halogens is 3. The van der Waals surface area contributed by atoms with Crippen LogP contribution < -0.4 is 10.5 Å². The SMILES string of the molecule is Cc1cc(OC(F)(F)F)c(CN)nc1[N+](=O)[O-]. The van der Waals surface area contributed by atoms with Crippen LogP contribution in [0.5, 0.6) is 5.75 Å². The highest BCUT2D eigenvalue weighted by atomic mass is 19.4. The zero-order valence-electron chi connectivity index (χ0n) is 8.61. The molecule has 94 valence electrons. The Kier molecular flexibility index (Phi) is 3.51. The molecule has 0 aliphatic rings. The van der Waals surface area contributed by atoms with Crippen molar-refractivity contribution in [3.8, 4) is 5.75 Å². The zero-order valence-corrected chi connectivity index (χ0v) is 8.61. The van der Waals surface area contributed by atoms with E-state index in [2.05, 4.69) is 9.72 Å². The smallest absolute Gasteiger partial charge is 0.401 e. The molecule has 1 heterocycles. The van der Waals surface area contributed by atoms with Crippen molar-refractivity contribution < 1.29 is 22.8 Å². The summed E-state index contributed by atoms with van der Waals surface area (Å²) in [4.78, 5) is 13.2. The Morgan fingerprint density at radius 1 is 1.59 bits per heavy atom. The van der Waals surface area contributed by atoms with Gasteiger partial charge in [0.2, 0.25) is 5.69 Å². The lowest BCUT2D eigenvalue weighted by atomic mass is 10.2. The fourth-order valence-corrected chi connectivity index (χ4v) is 1.16. The van der Waals surface area contributed by atoms with Crippen LogP contribution in [0.4, 0.5) is 19.0 Å². The molecule has 6 nitrogen and oxygen atoms in total. The van der Waals surface area contributed by atoms with Gasteiger partial charge in [-0.25, -0.2) is 0 Å². The summed E-state index contributed by atoms with van der Waals surface area (Å²) >= 11 is 0. The highest BCUT2D eigenvalue weighted by molar-refractivity contribution is 5.41. The fourth-order valence-electron chi connectivity index (χ4n) is 1.16. The van der Waals surface area contributed by atoms with E-state index in [0.29, 0.717) is 0 Å². The van der Waals surface area contributed by atoms with Gasteiger partial charge in [0.15, 0.2) is 5.75 Å². The minimum absolute atomic E-state index is 0.0357. The molecule has 9 heteroatoms. The van der Waals surface area contributed by atoms with Gasteiger partial charge < -0.3 is 20.6 Å². The van der Waals surface area contributed by atoms with Crippen LogP contribution in [0.15, 0.2) is 6.07 Å². The molecule has 0 fully saturated rings. The molecule has 0 aliphatic heterocycles. The third-order valence-corrected chi connectivity index (χ3v) is 1.82. The lowest BCUT2D eigenvalue weighted by molar-refractivity contribution is -0.390. The van der Waals surface area contributed by atoms with Crippen molar-refractivity contribution in [3.05, 3.63) is 27.4 Å². The number of nitrogens with zero attached hydrogens (tertiary/aromatic N) is 2. The third kappa shape index (κ3) is 3.28. The topological polar surface area (TPSA) is 91.3 Å². The second-order valence-corrected chi connectivity index (χ2v) is 3.08. The largest absolute Gasteiger partial charge is 0.573 e. The van der Waals surface area contributed by atoms with E-state index >= 15 is 0 Å². The van der Waals surface area contributed by atoms with Crippen LogP contribution in [0.3, 0.4) is 0 Å². The van der Waals surface area contributed by atoms with Gasteiger partial charge in [-0.2, -0.15) is 0 Å². The number of nitrogens with two attached hydrogens (primary N) is 1. The van der Waals surface area contributed by atoms with Gasteiger partial charge in [-0.05, 0) is 22.9 Å². The normalized spacial score (nSPS) is 11.4. The Labute approximate surface area is 93.3 Å². The molecule has 1 aromatic rings. The summed E-state index contributed by atoms with van der Waals surface area (Å²) in [5, 5.41) is 10.5. The molecule has 0 aliphatic carbocycles. The van der Waals surface area contributed by atoms with Gasteiger partial charge in [-0.3, -0.25) is 0 Å². The van der Waals surface area contributed by atoms with Gasteiger partial charge in [0.1, 0.15) is 0 Å². The predicted molar refractivity (Wildman–Crippen MR) is 50.2 cm³/mol. The van der Waals surface area contributed by atoms with E-state index in [4.69, 9.17) is 5.73 Å². The summed E-state index contributed by atoms with van der Waals surface area (Å²) in [7, 11) is 0. The molecular weight excluding hydrogens is 243 g/mol. The van der Waals surface area contributed by atoms with Crippen LogP contribution in [0.2, 0.25) is 0 Å². The van der Waals surface area contributed by atoms with Crippen molar-refractivity contribution in [2.24, 2.45) is 5.73 Å². The molecule has 0 atom stereocenters. The molecule has 0 amide bonds. The summed E-state index contributed by atoms with van der Waals surface area (Å²) in [5.74, 6) is -1.16. The van der Waals surface area contributed by atoms with Crippen molar-refractivity contribution >= 4 is 5.82 Å². The Morgan fingerprint density at radius 3 is 2.59 bits per heavy atom. The lowest BCUT2D eigenvalue weighted by Crippen LogP contribution is -2.19. The molecule has 0 saturated heterocycles. The number of alkyl halides is 3. The van der Waals surface area contributed by atoms with E-state index in [9.17, 15) is 23.3 Å². The molecule has 0 bridgehead atoms. The van der Waals surface area contributed by atoms with Crippen LogP contribution >= 0.6 is 0 Å². The van der Waals surface area contributed by atoms with Crippen molar-refractivity contribution in [1.82, 2.24) is 4.98 Å². The number of rotatable bonds is 3. The van der Waals surface area contributed by atoms with Crippen molar-refractivity contribution in [3.63, 3.8) is 0 Å². The highest BCUT2D eigenvalue weighted by Crippen LogP contribution is 2.29. The molecule has 2 N–H and O–H groups in total. The Balaban J connectivity index is 3.24. The van der Waals surface area contributed by atoms with Crippen LogP contribution in [-0.2, 0) is 6.54 Å². The first-order valence-electron chi connectivity index (χ1n) is 4.35. The van der Waals surface area contributed by atoms with Gasteiger partial charge in [-0.1, -0.05) is 0 Å². The minimum atomic E-state index is -4.89. The Bertz CT molecular complexity index is 448. The monoisotopic (exact) mass is 251 g/mol. The van der Waals surface area contributed by atoms with E-state index in [0.717, 1.165) is 6.07 Å². The molecule has 1 rings (SSSR count). The number of aromatic nitrogens is 1. The van der Waals surface area contributed by atoms with Crippen LogP contribution in [0, 0.1) is 17.0 Å². The van der Waals surface area contributed by atoms with E-state index in [1.807, 2.05) is 0 Å². The Morgan fingerprint density at radius 2 is 2.18 bits per heavy atom. The number of pyridine rings is 1. The summed E-state index contributed by atoms with van der Waals surface area (Å²) in [6.07, 6.45) is -4.89. The fraction of sp³-hybridized carbons (Fsp3) is 0.375. The average molecular weight is 251 g/mol. The number of aryl methyl sites for hydroxylation is 1. The minimum Gasteiger partial charge on any atom is -0.401 e. The van der Waals surface area contributed by atoms with Crippen LogP contribution in [0.1, 0.15) is 11.3 Å². The van der Waals surface area contributed by atoms with Gasteiger partial charge in [-0.15, -0.1) is 13.2 Å². The zero-order chi connectivity index (χ0) is 13.2. The summed E-state index contributed by atoms with van der Waals surface area (Å²) in [5.41, 5.74) is 4.80. The lowest BCUT2D eigenvalue weighted by Gasteiger charge is -2.10. The number of ether oxygens (including phenoxy) is 1. The van der Waals surface area contributed by atoms with E-state index in [1.165, 1.54) is 6.92 Å². The van der Waals surface area contributed by atoms with Crippen molar-refractivity contribution in [2.45, 2.75) is 19.8 Å². The van der Waals surface area contributed by atoms with Gasteiger partial charge >= 0.3 is 12.2 Å². The second-order valence-electron chi connectivity index (χ2n) is 3.08. The number of hydrogen-bond acceptors (Lipinski definition) is 5. The summed E-state index contributed by atoms with van der Waals surface area (Å²) < 4.78 is 39.7. The molecule has 0 spiro atoms. The first-order valence-corrected chi connectivity index (χ1v) is 4.35. The first-order chi connectivity index (χ1) is 7.74. The van der Waals surface area contributed by atoms with Crippen molar-refractivity contribution in [1.29, 1.82) is 0 Å². The predicted octanol–water partition coefficient (Wildman–Crippen LogP) is 1.66. The highest BCUT2D eigenvalue weighted by Gasteiger charge is 2.34. The summed E-state index contributed by atoms with van der Waals surface area (Å²) in [6, 6.07) is 0.890. The molecule has 17 heavy (non-hydrogen) atoms. The molecule has 1 aromatic heterocycles. The second kappa shape index (κ2) is 4.53. The standard InChI is InChI=1S/C8H8F3N3O3/c1-4-2-6(17-8(9,10)11)5(3-12)13-7(4)14(15)16/h2H,3,12H2,1H3. The van der Waals surface area contributed by atoms with Gasteiger partial charge in [0.05, 0.1) is 12.1 Å². The molecule has 0 radical (unpaired) electrons. The average Bonchev–Trinajstić information content (AvgIpc) is 2.14. The Hall–Kier alpha value is -1.90. The van der Waals surface area contributed by atoms with E-state index in [-0.39, 0.29) is 11.3 Å². The maximum Gasteiger partial charge on any atom is 0.573 e. The maximum atomic E-state index is 12.0. The molecule has 0 aromatic carbocycles. The first kappa shape index (κ1) is 13.2. The van der Waals surface area contributed by atoms with E-state index < -0.39 is 29.4 Å². The number of hydrogen-bond donors (Lipinski definition) is 1. The van der Waals surface area contributed by atoms with Crippen LogP contribution in [-0.4, -0.2) is 16.3 Å². The van der Waals surface area contributed by atoms with Gasteiger partial charge in [0, 0.05) is 0 Å². The van der Waals surface area contributed by atoms with Crippen LogP contribution in [0.25, 0.3) is 0 Å². The van der Waals surface area contributed by atoms with Crippen molar-refractivity contribution in [2.75, 3.05) is 0 Å². The molecular formula is C8H8F3N3O3. The number of nitro groups is 1. The third-order valence-electron chi connectivity index (χ3n) is 1.82. The van der Waals surface area contributed by atoms with Gasteiger partial charge in [0.25, 0.3) is 0 Å². The van der Waals surface area contributed by atoms with E-state index in [1.54, 1.807) is 0 Å².